The summed E-state index contributed by atoms with van der Waals surface area (Å²) in [6.45, 7) is 0.365. The Kier molecular flexibility index (Phi) is 6.86. The van der Waals surface area contributed by atoms with Gasteiger partial charge in [0.2, 0.25) is 11.8 Å². The standard InChI is InChI=1S/C30H27N5O4/c36-30(37)22-8-11-26-25(16-22)34-29(35(26)23-4-2-1-3-5-23)21-6-9-24(10-7-21)39-28-17-27(32-19-33-28)38-18-20-12-14-31-15-13-20/h6-17,19,23H,1-5,18H2,(H,36,37). The summed E-state index contributed by atoms with van der Waals surface area (Å²) in [4.78, 5) is 28.8. The lowest BCUT2D eigenvalue weighted by Gasteiger charge is -2.25. The van der Waals surface area contributed by atoms with Crippen molar-refractivity contribution in [2.24, 2.45) is 0 Å². The number of aromatic nitrogens is 5. The fourth-order valence-electron chi connectivity index (χ4n) is 5.03. The summed E-state index contributed by atoms with van der Waals surface area (Å²) in [7, 11) is 0. The third kappa shape index (κ3) is 5.43. The van der Waals surface area contributed by atoms with Gasteiger partial charge in [0.1, 0.15) is 24.5 Å². The van der Waals surface area contributed by atoms with E-state index in [2.05, 4.69) is 19.5 Å². The van der Waals surface area contributed by atoms with Crippen LogP contribution in [0.1, 0.15) is 54.1 Å². The molecule has 0 aliphatic heterocycles. The maximum Gasteiger partial charge on any atom is 0.335 e. The molecule has 9 heteroatoms. The van der Waals surface area contributed by atoms with Crippen molar-refractivity contribution in [3.63, 3.8) is 0 Å². The first-order valence-electron chi connectivity index (χ1n) is 13.0. The van der Waals surface area contributed by atoms with E-state index in [-0.39, 0.29) is 5.56 Å². The Balaban J connectivity index is 1.24. The van der Waals surface area contributed by atoms with Crippen LogP contribution in [0.15, 0.2) is 79.4 Å². The van der Waals surface area contributed by atoms with Crippen LogP contribution in [0.3, 0.4) is 0 Å². The number of carboxylic acid groups (broad SMARTS) is 1. The van der Waals surface area contributed by atoms with Crippen LogP contribution < -0.4 is 9.47 Å². The van der Waals surface area contributed by atoms with Crippen LogP contribution in [0.4, 0.5) is 0 Å². The smallest absolute Gasteiger partial charge is 0.335 e. The highest BCUT2D eigenvalue weighted by atomic mass is 16.5. The van der Waals surface area contributed by atoms with Gasteiger partial charge < -0.3 is 19.1 Å². The van der Waals surface area contributed by atoms with Crippen molar-refractivity contribution in [2.45, 2.75) is 44.8 Å². The van der Waals surface area contributed by atoms with Crippen LogP contribution in [0.2, 0.25) is 0 Å². The first-order chi connectivity index (χ1) is 19.1. The highest BCUT2D eigenvalue weighted by Crippen LogP contribution is 2.37. The van der Waals surface area contributed by atoms with Gasteiger partial charge in [-0.1, -0.05) is 19.3 Å². The molecule has 39 heavy (non-hydrogen) atoms. The number of rotatable bonds is 8. The molecule has 196 valence electrons. The Hall–Kier alpha value is -4.79. The number of fused-ring (bicyclic) bond motifs is 1. The minimum atomic E-state index is -0.956. The third-order valence-corrected chi connectivity index (χ3v) is 6.96. The Morgan fingerprint density at radius 2 is 1.69 bits per heavy atom. The maximum absolute atomic E-state index is 11.6. The number of carboxylic acids is 1. The van der Waals surface area contributed by atoms with Crippen LogP contribution in [0.25, 0.3) is 22.4 Å². The molecule has 0 saturated heterocycles. The van der Waals surface area contributed by atoms with E-state index in [0.29, 0.717) is 35.7 Å². The summed E-state index contributed by atoms with van der Waals surface area (Å²) >= 11 is 0. The third-order valence-electron chi connectivity index (χ3n) is 6.96. The van der Waals surface area contributed by atoms with E-state index in [1.807, 2.05) is 42.5 Å². The average Bonchev–Trinajstić information content (AvgIpc) is 3.36. The van der Waals surface area contributed by atoms with Gasteiger partial charge in [-0.3, -0.25) is 4.98 Å². The molecule has 1 fully saturated rings. The highest BCUT2D eigenvalue weighted by molar-refractivity contribution is 5.93. The molecule has 1 aliphatic rings. The Bertz CT molecular complexity index is 1600. The van der Waals surface area contributed by atoms with Crippen molar-refractivity contribution in [1.82, 2.24) is 24.5 Å². The second kappa shape index (κ2) is 10.9. The fraction of sp³-hybridized carbons (Fsp3) is 0.233. The van der Waals surface area contributed by atoms with E-state index in [4.69, 9.17) is 14.5 Å². The van der Waals surface area contributed by atoms with Crippen LogP contribution in [0.5, 0.6) is 17.5 Å². The maximum atomic E-state index is 11.6. The Morgan fingerprint density at radius 1 is 0.923 bits per heavy atom. The topological polar surface area (TPSA) is 112 Å². The lowest BCUT2D eigenvalue weighted by Crippen LogP contribution is -2.14. The molecule has 5 aromatic rings. The van der Waals surface area contributed by atoms with Crippen LogP contribution in [-0.2, 0) is 6.61 Å². The molecular formula is C30H27N5O4. The van der Waals surface area contributed by atoms with E-state index >= 15 is 0 Å². The average molecular weight is 522 g/mol. The van der Waals surface area contributed by atoms with E-state index in [1.54, 1.807) is 30.6 Å². The SMILES string of the molecule is O=C(O)c1ccc2c(c1)nc(-c1ccc(Oc3cc(OCc4ccncc4)ncn3)cc1)n2C1CCCCC1. The van der Waals surface area contributed by atoms with Gasteiger partial charge in [0.05, 0.1) is 22.7 Å². The molecule has 1 aliphatic carbocycles. The fourth-order valence-corrected chi connectivity index (χ4v) is 5.03. The van der Waals surface area contributed by atoms with Crippen molar-refractivity contribution >= 4 is 17.0 Å². The lowest BCUT2D eigenvalue weighted by molar-refractivity contribution is 0.0697. The van der Waals surface area contributed by atoms with Gasteiger partial charge >= 0.3 is 5.97 Å². The number of hydrogen-bond donors (Lipinski definition) is 1. The number of imidazole rings is 1. The summed E-state index contributed by atoms with van der Waals surface area (Å²) in [5.74, 6) is 1.28. The van der Waals surface area contributed by atoms with Crippen molar-refractivity contribution in [3.05, 3.63) is 90.5 Å². The number of pyridine rings is 1. The normalized spacial score (nSPS) is 13.8. The van der Waals surface area contributed by atoms with Gasteiger partial charge in [0.15, 0.2) is 0 Å². The van der Waals surface area contributed by atoms with Gasteiger partial charge in [-0.15, -0.1) is 0 Å². The molecule has 0 spiro atoms. The first-order valence-corrected chi connectivity index (χ1v) is 13.0. The highest BCUT2D eigenvalue weighted by Gasteiger charge is 2.23. The molecule has 1 N–H and O–H groups in total. The first kappa shape index (κ1) is 24.5. The van der Waals surface area contributed by atoms with Crippen molar-refractivity contribution < 1.29 is 19.4 Å². The van der Waals surface area contributed by atoms with E-state index < -0.39 is 5.97 Å². The monoisotopic (exact) mass is 521 g/mol. The van der Waals surface area contributed by atoms with E-state index in [1.165, 1.54) is 25.6 Å². The van der Waals surface area contributed by atoms with Gasteiger partial charge in [-0.05, 0) is 73.0 Å². The van der Waals surface area contributed by atoms with Crippen molar-refractivity contribution in [2.75, 3.05) is 0 Å². The van der Waals surface area contributed by atoms with Crippen LogP contribution in [0, 0.1) is 0 Å². The van der Waals surface area contributed by atoms with Crippen LogP contribution >= 0.6 is 0 Å². The molecule has 0 atom stereocenters. The van der Waals surface area contributed by atoms with Gasteiger partial charge in [0, 0.05) is 24.0 Å². The second-order valence-corrected chi connectivity index (χ2v) is 9.57. The predicted octanol–water partition coefficient (Wildman–Crippen LogP) is 6.46. The van der Waals surface area contributed by atoms with Crippen LogP contribution in [-0.4, -0.2) is 35.6 Å². The molecule has 3 heterocycles. The minimum Gasteiger partial charge on any atom is -0.478 e. The molecule has 9 nitrogen and oxygen atoms in total. The zero-order chi connectivity index (χ0) is 26.6. The molecule has 0 unspecified atom stereocenters. The summed E-state index contributed by atoms with van der Waals surface area (Å²) < 4.78 is 14.0. The number of aromatic carboxylic acids is 1. The lowest BCUT2D eigenvalue weighted by atomic mass is 9.95. The number of ether oxygens (including phenoxy) is 2. The minimum absolute atomic E-state index is 0.236. The molecule has 6 rings (SSSR count). The zero-order valence-electron chi connectivity index (χ0n) is 21.2. The van der Waals surface area contributed by atoms with Gasteiger partial charge in [-0.2, -0.15) is 0 Å². The molecule has 0 amide bonds. The zero-order valence-corrected chi connectivity index (χ0v) is 21.2. The predicted molar refractivity (Wildman–Crippen MR) is 145 cm³/mol. The van der Waals surface area contributed by atoms with Crippen molar-refractivity contribution in [1.29, 1.82) is 0 Å². The molecule has 3 aromatic heterocycles. The van der Waals surface area contributed by atoms with Gasteiger partial charge in [0.25, 0.3) is 0 Å². The van der Waals surface area contributed by atoms with Gasteiger partial charge in [-0.25, -0.2) is 19.7 Å². The number of carbonyl (C=O) groups is 1. The van der Waals surface area contributed by atoms with E-state index in [0.717, 1.165) is 35.3 Å². The summed E-state index contributed by atoms with van der Waals surface area (Å²) in [5.41, 5.74) is 3.81. The molecular weight excluding hydrogens is 494 g/mol. The molecule has 0 bridgehead atoms. The second-order valence-electron chi connectivity index (χ2n) is 9.57. The molecule has 2 aromatic carbocycles. The summed E-state index contributed by atoms with van der Waals surface area (Å²) in [5, 5.41) is 9.47. The van der Waals surface area contributed by atoms with Crippen molar-refractivity contribution in [3.8, 4) is 28.9 Å². The largest absolute Gasteiger partial charge is 0.478 e. The van der Waals surface area contributed by atoms with E-state index in [9.17, 15) is 9.90 Å². The summed E-state index contributed by atoms with van der Waals surface area (Å²) in [6.07, 6.45) is 10.6. The molecule has 1 saturated carbocycles. The number of benzene rings is 2. The number of nitrogens with zero attached hydrogens (tertiary/aromatic N) is 5. The Morgan fingerprint density at radius 3 is 2.46 bits per heavy atom. The number of hydrogen-bond acceptors (Lipinski definition) is 7. The Labute approximate surface area is 225 Å². The quantitative estimate of drug-likeness (QED) is 0.247. The summed E-state index contributed by atoms with van der Waals surface area (Å²) in [6, 6.07) is 18.6. The molecule has 0 radical (unpaired) electrons.